The molecule has 0 aliphatic carbocycles. The number of nitrogens with zero attached hydrogens (tertiary/aromatic N) is 7. The summed E-state index contributed by atoms with van der Waals surface area (Å²) < 4.78 is 50.3. The fraction of sp³-hybridized carbons (Fsp3) is 0.280. The van der Waals surface area contributed by atoms with Gasteiger partial charge in [-0.2, -0.15) is 23.3 Å². The van der Waals surface area contributed by atoms with Crippen molar-refractivity contribution in [2.24, 2.45) is 7.05 Å². The van der Waals surface area contributed by atoms with E-state index in [1.165, 1.54) is 12.4 Å². The van der Waals surface area contributed by atoms with Crippen LogP contribution in [0.3, 0.4) is 0 Å². The van der Waals surface area contributed by atoms with E-state index in [-0.39, 0.29) is 34.6 Å². The van der Waals surface area contributed by atoms with Gasteiger partial charge in [-0.25, -0.2) is 9.50 Å². The first-order chi connectivity index (χ1) is 18.7. The number of rotatable bonds is 6. The summed E-state index contributed by atoms with van der Waals surface area (Å²) in [6.07, 6.45) is 3.42. The van der Waals surface area contributed by atoms with Crippen LogP contribution < -0.4 is 10.1 Å². The fourth-order valence-corrected chi connectivity index (χ4v) is 4.97. The molecule has 1 aliphatic heterocycles. The average Bonchev–Trinajstić information content (AvgIpc) is 3.58. The molecule has 0 saturated carbocycles. The van der Waals surface area contributed by atoms with Gasteiger partial charge in [0, 0.05) is 44.8 Å². The van der Waals surface area contributed by atoms with Crippen LogP contribution in [0.1, 0.15) is 17.5 Å². The zero-order valence-electron chi connectivity index (χ0n) is 20.5. The Morgan fingerprint density at radius 1 is 1.18 bits per heavy atom. The monoisotopic (exact) mass is 558 g/mol. The molecule has 10 nitrogen and oxygen atoms in total. The minimum absolute atomic E-state index is 0.212. The standard InChI is InChI=1S/C25H22ClF3N8O2/c1-35-22-21(26)20(39-19-11-32-37-5-3-30-9-18(19)37)10-31-23(22)34-24(35)33-16-7-14(6-15(8-16)25(27,28)29)12-36-4-2-17(38)13-36/h3,5-11,17,38H,2,4,12-13H2,1H3,(H,31,33,34). The molecular formula is C25H22ClF3N8O2. The Kier molecular flexibility index (Phi) is 6.28. The third kappa shape index (κ3) is 4.95. The van der Waals surface area contributed by atoms with Gasteiger partial charge in [-0.05, 0) is 30.2 Å². The Bertz CT molecular complexity index is 1690. The van der Waals surface area contributed by atoms with Crippen molar-refractivity contribution in [3.63, 3.8) is 0 Å². The Balaban J connectivity index is 1.32. The van der Waals surface area contributed by atoms with Gasteiger partial charge in [0.15, 0.2) is 17.1 Å². The predicted molar refractivity (Wildman–Crippen MR) is 137 cm³/mol. The topological polar surface area (TPSA) is 106 Å². The molecule has 0 spiro atoms. The Morgan fingerprint density at radius 3 is 2.79 bits per heavy atom. The van der Waals surface area contributed by atoms with Crippen molar-refractivity contribution >= 4 is 39.9 Å². The molecule has 1 fully saturated rings. The molecule has 1 saturated heterocycles. The lowest BCUT2D eigenvalue weighted by Gasteiger charge is -2.18. The number of alkyl halides is 3. The van der Waals surface area contributed by atoms with Crippen molar-refractivity contribution in [1.29, 1.82) is 0 Å². The van der Waals surface area contributed by atoms with Crippen LogP contribution in [-0.4, -0.2) is 58.3 Å². The highest BCUT2D eigenvalue weighted by molar-refractivity contribution is 6.36. The third-order valence-corrected chi connectivity index (χ3v) is 6.91. The minimum atomic E-state index is -4.53. The van der Waals surface area contributed by atoms with Crippen molar-refractivity contribution in [1.82, 2.24) is 34.0 Å². The first-order valence-corrected chi connectivity index (χ1v) is 12.4. The van der Waals surface area contributed by atoms with Crippen LogP contribution in [0.5, 0.6) is 11.5 Å². The van der Waals surface area contributed by atoms with Crippen LogP contribution in [-0.2, 0) is 19.8 Å². The highest BCUT2D eigenvalue weighted by Gasteiger charge is 2.32. The zero-order chi connectivity index (χ0) is 27.3. The number of nitrogens with one attached hydrogen (secondary N) is 1. The van der Waals surface area contributed by atoms with Gasteiger partial charge >= 0.3 is 6.18 Å². The van der Waals surface area contributed by atoms with Crippen LogP contribution in [0, 0.1) is 0 Å². The molecule has 5 heterocycles. The number of anilines is 2. The first kappa shape index (κ1) is 25.3. The molecule has 0 radical (unpaired) electrons. The molecule has 0 bridgehead atoms. The molecule has 1 aromatic carbocycles. The van der Waals surface area contributed by atoms with E-state index in [0.717, 1.165) is 12.1 Å². The van der Waals surface area contributed by atoms with E-state index in [2.05, 4.69) is 25.4 Å². The van der Waals surface area contributed by atoms with Gasteiger partial charge in [-0.3, -0.25) is 9.88 Å². The van der Waals surface area contributed by atoms with Crippen molar-refractivity contribution in [2.75, 3.05) is 18.4 Å². The van der Waals surface area contributed by atoms with Gasteiger partial charge in [-0.15, -0.1) is 0 Å². The van der Waals surface area contributed by atoms with Crippen LogP contribution >= 0.6 is 11.6 Å². The third-order valence-electron chi connectivity index (χ3n) is 6.54. The number of aryl methyl sites for hydroxylation is 1. The number of imidazole rings is 1. The molecule has 1 atom stereocenters. The SMILES string of the molecule is Cn1c(Nc2cc(CN3CCC(O)C3)cc(C(F)(F)F)c2)nc2ncc(Oc3cnn4ccncc34)c(Cl)c21. The number of aliphatic hydroxyl groups excluding tert-OH is 1. The van der Waals surface area contributed by atoms with E-state index < -0.39 is 17.8 Å². The van der Waals surface area contributed by atoms with Crippen molar-refractivity contribution < 1.29 is 23.0 Å². The average molecular weight is 559 g/mol. The summed E-state index contributed by atoms with van der Waals surface area (Å²) in [7, 11) is 1.67. The van der Waals surface area contributed by atoms with Crippen molar-refractivity contribution in [2.45, 2.75) is 25.2 Å². The van der Waals surface area contributed by atoms with Gasteiger partial charge in [0.05, 0.1) is 30.3 Å². The van der Waals surface area contributed by atoms with E-state index in [1.807, 2.05) is 4.90 Å². The maximum absolute atomic E-state index is 13.7. The number of pyridine rings is 1. The van der Waals surface area contributed by atoms with Gasteiger partial charge in [0.2, 0.25) is 5.95 Å². The normalized spacial score (nSPS) is 16.4. The van der Waals surface area contributed by atoms with Crippen LogP contribution in [0.25, 0.3) is 16.7 Å². The largest absolute Gasteiger partial charge is 0.450 e. The molecule has 4 aromatic heterocycles. The van der Waals surface area contributed by atoms with Crippen molar-refractivity contribution in [3.8, 4) is 11.5 Å². The molecule has 202 valence electrons. The number of aromatic nitrogens is 6. The number of hydrogen-bond donors (Lipinski definition) is 2. The molecule has 6 rings (SSSR count). The van der Waals surface area contributed by atoms with Crippen LogP contribution in [0.15, 0.2) is 49.2 Å². The maximum atomic E-state index is 13.7. The van der Waals surface area contributed by atoms with Gasteiger partial charge in [0.25, 0.3) is 0 Å². The molecule has 2 N–H and O–H groups in total. The van der Waals surface area contributed by atoms with Crippen LogP contribution in [0.2, 0.25) is 5.02 Å². The molecular weight excluding hydrogens is 537 g/mol. The van der Waals surface area contributed by atoms with Crippen LogP contribution in [0.4, 0.5) is 24.8 Å². The number of ether oxygens (including phenoxy) is 1. The summed E-state index contributed by atoms with van der Waals surface area (Å²) in [6, 6.07) is 3.80. The molecule has 5 aromatic rings. The number of β-amino-alcohol motifs (C(OH)–C–C–N with tert-alkyl or cyclic N) is 1. The predicted octanol–water partition coefficient (Wildman–Crippen LogP) is 4.79. The molecule has 1 aliphatic rings. The smallest absolute Gasteiger partial charge is 0.416 e. The van der Waals surface area contributed by atoms with E-state index in [0.29, 0.717) is 41.9 Å². The zero-order valence-corrected chi connectivity index (χ0v) is 21.3. The lowest BCUT2D eigenvalue weighted by atomic mass is 10.1. The second-order valence-electron chi connectivity index (χ2n) is 9.34. The lowest BCUT2D eigenvalue weighted by molar-refractivity contribution is -0.137. The Morgan fingerprint density at radius 2 is 2.03 bits per heavy atom. The molecule has 39 heavy (non-hydrogen) atoms. The number of benzene rings is 1. The Hall–Kier alpha value is -3.94. The van der Waals surface area contributed by atoms with Gasteiger partial charge < -0.3 is 19.7 Å². The Labute approximate surface area is 224 Å². The maximum Gasteiger partial charge on any atom is 0.416 e. The number of aliphatic hydroxyl groups is 1. The minimum Gasteiger partial charge on any atom is -0.450 e. The summed E-state index contributed by atoms with van der Waals surface area (Å²) in [5.74, 6) is 0.930. The van der Waals surface area contributed by atoms with E-state index in [9.17, 15) is 18.3 Å². The second-order valence-corrected chi connectivity index (χ2v) is 9.72. The quantitative estimate of drug-likeness (QED) is 0.307. The van der Waals surface area contributed by atoms with E-state index >= 15 is 0 Å². The summed E-state index contributed by atoms with van der Waals surface area (Å²) >= 11 is 6.68. The first-order valence-electron chi connectivity index (χ1n) is 12.0. The summed E-state index contributed by atoms with van der Waals surface area (Å²) in [5, 5.41) is 17.2. The molecule has 0 amide bonds. The lowest BCUT2D eigenvalue weighted by Crippen LogP contribution is -2.22. The summed E-state index contributed by atoms with van der Waals surface area (Å²) in [6.45, 7) is 1.32. The highest BCUT2D eigenvalue weighted by atomic mass is 35.5. The number of likely N-dealkylation sites (tertiary alicyclic amines) is 1. The number of fused-ring (bicyclic) bond motifs is 2. The van der Waals surface area contributed by atoms with E-state index in [1.54, 1.807) is 40.8 Å². The van der Waals surface area contributed by atoms with Gasteiger partial charge in [0.1, 0.15) is 16.1 Å². The number of halogens is 4. The van der Waals surface area contributed by atoms with Crippen molar-refractivity contribution in [3.05, 3.63) is 65.3 Å². The van der Waals surface area contributed by atoms with E-state index in [4.69, 9.17) is 16.3 Å². The molecule has 1 unspecified atom stereocenters. The highest BCUT2D eigenvalue weighted by Crippen LogP contribution is 2.37. The summed E-state index contributed by atoms with van der Waals surface area (Å²) in [4.78, 5) is 14.8. The second kappa shape index (κ2) is 9.67. The fourth-order valence-electron chi connectivity index (χ4n) is 4.67. The van der Waals surface area contributed by atoms with Gasteiger partial charge in [-0.1, -0.05) is 11.6 Å². The number of hydrogen-bond acceptors (Lipinski definition) is 8. The molecule has 14 heteroatoms. The summed E-state index contributed by atoms with van der Waals surface area (Å²) in [5.41, 5.74) is 1.25.